The van der Waals surface area contributed by atoms with Crippen LogP contribution in [0.15, 0.2) is 0 Å². The second kappa shape index (κ2) is 41.0. The SMILES string of the molecule is CCCCCCCCCCCCOCCCCCCCCCCCC.CCCCN(CCO)CCCC.O=P(O)(O)O. The van der Waals surface area contributed by atoms with Crippen LogP contribution in [0.25, 0.3) is 0 Å². The van der Waals surface area contributed by atoms with Gasteiger partial charge < -0.3 is 29.4 Å². The predicted octanol–water partition coefficient (Wildman–Crippen LogP) is 9.80. The maximum atomic E-state index is 8.88. The van der Waals surface area contributed by atoms with E-state index in [2.05, 4.69) is 32.6 Å². The molecule has 0 radical (unpaired) electrons. The Morgan fingerprint density at radius 1 is 0.452 bits per heavy atom. The van der Waals surface area contributed by atoms with Gasteiger partial charge >= 0.3 is 7.82 Å². The molecule has 0 spiro atoms. The molecule has 0 atom stereocenters. The Morgan fingerprint density at radius 3 is 0.976 bits per heavy atom. The van der Waals surface area contributed by atoms with Gasteiger partial charge in [-0.05, 0) is 38.8 Å². The molecule has 8 heteroatoms. The highest BCUT2D eigenvalue weighted by Crippen LogP contribution is 2.25. The second-order valence-electron chi connectivity index (χ2n) is 11.8. The summed E-state index contributed by atoms with van der Waals surface area (Å²) in [6.45, 7) is 14.4. The van der Waals surface area contributed by atoms with E-state index in [9.17, 15) is 0 Å². The van der Waals surface area contributed by atoms with Crippen molar-refractivity contribution in [2.45, 2.75) is 182 Å². The number of hydrogen-bond acceptors (Lipinski definition) is 4. The van der Waals surface area contributed by atoms with Gasteiger partial charge in [0.05, 0.1) is 6.61 Å². The van der Waals surface area contributed by atoms with Crippen molar-refractivity contribution < 1.29 is 29.1 Å². The largest absolute Gasteiger partial charge is 0.466 e. The zero-order chi connectivity index (χ0) is 32.0. The number of aliphatic hydroxyl groups is 1. The third-order valence-electron chi connectivity index (χ3n) is 7.36. The fourth-order valence-electron chi connectivity index (χ4n) is 4.73. The van der Waals surface area contributed by atoms with Crippen molar-refractivity contribution in [1.29, 1.82) is 0 Å². The van der Waals surface area contributed by atoms with Crippen molar-refractivity contribution in [3.63, 3.8) is 0 Å². The van der Waals surface area contributed by atoms with E-state index in [4.69, 9.17) is 29.1 Å². The number of hydrogen-bond donors (Lipinski definition) is 4. The van der Waals surface area contributed by atoms with Crippen molar-refractivity contribution >= 4 is 7.82 Å². The molecule has 0 saturated heterocycles. The number of aliphatic hydroxyl groups excluding tert-OH is 1. The quantitative estimate of drug-likeness (QED) is 0.0464. The van der Waals surface area contributed by atoms with Crippen molar-refractivity contribution in [3.8, 4) is 0 Å². The lowest BCUT2D eigenvalue weighted by Crippen LogP contribution is -2.28. The molecule has 0 aromatic rings. The van der Waals surface area contributed by atoms with E-state index in [0.717, 1.165) is 32.8 Å². The lowest BCUT2D eigenvalue weighted by molar-refractivity contribution is 0.125. The summed E-state index contributed by atoms with van der Waals surface area (Å²) in [5.41, 5.74) is 0. The Labute approximate surface area is 262 Å². The van der Waals surface area contributed by atoms with Crippen LogP contribution in [0.5, 0.6) is 0 Å². The molecule has 0 amide bonds. The average Bonchev–Trinajstić information content (AvgIpc) is 2.95. The second-order valence-corrected chi connectivity index (χ2v) is 12.8. The van der Waals surface area contributed by atoms with Crippen LogP contribution in [0.4, 0.5) is 0 Å². The number of unbranched alkanes of at least 4 members (excludes halogenated alkanes) is 20. The topological polar surface area (TPSA) is 110 Å². The van der Waals surface area contributed by atoms with Gasteiger partial charge in [-0.3, -0.25) is 0 Å². The van der Waals surface area contributed by atoms with E-state index >= 15 is 0 Å². The van der Waals surface area contributed by atoms with Gasteiger partial charge in [0.25, 0.3) is 0 Å². The van der Waals surface area contributed by atoms with Crippen LogP contribution in [0.3, 0.4) is 0 Å². The summed E-state index contributed by atoms with van der Waals surface area (Å²) in [4.78, 5) is 23.9. The van der Waals surface area contributed by atoms with Gasteiger partial charge in [0.15, 0.2) is 0 Å². The van der Waals surface area contributed by atoms with Crippen LogP contribution in [-0.2, 0) is 9.30 Å². The molecule has 0 rings (SSSR count). The zero-order valence-corrected chi connectivity index (χ0v) is 29.6. The lowest BCUT2D eigenvalue weighted by Gasteiger charge is -2.20. The summed E-state index contributed by atoms with van der Waals surface area (Å²) < 4.78 is 14.7. The van der Waals surface area contributed by atoms with Crippen molar-refractivity contribution in [3.05, 3.63) is 0 Å². The summed E-state index contributed by atoms with van der Waals surface area (Å²) in [5.74, 6) is 0. The highest BCUT2D eigenvalue weighted by Gasteiger charge is 2.02. The van der Waals surface area contributed by atoms with Crippen LogP contribution < -0.4 is 0 Å². The molecule has 258 valence electrons. The number of ether oxygens (including phenoxy) is 1. The minimum Gasteiger partial charge on any atom is -0.395 e. The van der Waals surface area contributed by atoms with Gasteiger partial charge in [0.1, 0.15) is 0 Å². The molecular formula is C34H76NO6P. The summed E-state index contributed by atoms with van der Waals surface area (Å²) in [6, 6.07) is 0. The molecule has 0 heterocycles. The number of nitrogens with zero attached hydrogens (tertiary/aromatic N) is 1. The zero-order valence-electron chi connectivity index (χ0n) is 28.7. The molecule has 0 saturated carbocycles. The monoisotopic (exact) mass is 626 g/mol. The number of phosphoric acid groups is 1. The Hall–Kier alpha value is -0.0100. The third-order valence-corrected chi connectivity index (χ3v) is 7.36. The Kier molecular flexibility index (Phi) is 45.3. The van der Waals surface area contributed by atoms with Gasteiger partial charge in [-0.15, -0.1) is 0 Å². The van der Waals surface area contributed by atoms with Crippen LogP contribution in [0.1, 0.15) is 182 Å². The summed E-state index contributed by atoms with van der Waals surface area (Å²) in [6.07, 6.45) is 33.1. The van der Waals surface area contributed by atoms with E-state index in [1.165, 1.54) is 154 Å². The highest BCUT2D eigenvalue weighted by atomic mass is 31.2. The maximum absolute atomic E-state index is 8.88. The molecule has 0 aromatic heterocycles. The molecule has 7 nitrogen and oxygen atoms in total. The van der Waals surface area contributed by atoms with Crippen LogP contribution in [-0.4, -0.2) is 64.1 Å². The van der Waals surface area contributed by atoms with E-state index in [0.29, 0.717) is 6.61 Å². The Balaban J connectivity index is -0.000000736. The Bertz CT molecular complexity index is 468. The van der Waals surface area contributed by atoms with Gasteiger partial charge in [0.2, 0.25) is 0 Å². The average molecular weight is 626 g/mol. The Morgan fingerprint density at radius 2 is 0.714 bits per heavy atom. The van der Waals surface area contributed by atoms with Crippen LogP contribution in [0, 0.1) is 0 Å². The van der Waals surface area contributed by atoms with Gasteiger partial charge in [-0.1, -0.05) is 156 Å². The summed E-state index contributed by atoms with van der Waals surface area (Å²) in [7, 11) is -4.64. The maximum Gasteiger partial charge on any atom is 0.466 e. The van der Waals surface area contributed by atoms with Crippen molar-refractivity contribution in [1.82, 2.24) is 4.90 Å². The molecule has 0 aromatic carbocycles. The van der Waals surface area contributed by atoms with E-state index in [-0.39, 0.29) is 0 Å². The first kappa shape index (κ1) is 46.4. The number of rotatable bonds is 30. The molecular weight excluding hydrogens is 549 g/mol. The molecule has 0 fully saturated rings. The third kappa shape index (κ3) is 55.9. The molecule has 0 aliphatic carbocycles. The first-order chi connectivity index (χ1) is 20.3. The van der Waals surface area contributed by atoms with Crippen LogP contribution >= 0.6 is 7.82 Å². The molecule has 0 bridgehead atoms. The summed E-state index contributed by atoms with van der Waals surface area (Å²) in [5, 5.41) is 8.79. The molecule has 4 N–H and O–H groups in total. The first-order valence-electron chi connectivity index (χ1n) is 18.0. The lowest BCUT2D eigenvalue weighted by atomic mass is 10.1. The van der Waals surface area contributed by atoms with E-state index < -0.39 is 7.82 Å². The normalized spacial score (nSPS) is 11.3. The summed E-state index contributed by atoms with van der Waals surface area (Å²) >= 11 is 0. The first-order valence-corrected chi connectivity index (χ1v) is 19.5. The van der Waals surface area contributed by atoms with Crippen molar-refractivity contribution in [2.24, 2.45) is 0 Å². The molecule has 42 heavy (non-hydrogen) atoms. The highest BCUT2D eigenvalue weighted by molar-refractivity contribution is 7.45. The van der Waals surface area contributed by atoms with Gasteiger partial charge in [-0.2, -0.15) is 0 Å². The van der Waals surface area contributed by atoms with Crippen LogP contribution in [0.2, 0.25) is 0 Å². The standard InChI is InChI=1S/C24H50O.C10H23NO.H3O4P/c1-3-5-7-9-11-13-15-17-19-21-23-25-24-22-20-18-16-14-12-10-8-6-4-2;1-3-5-7-11(9-10-12)8-6-4-2;1-5(2,3)4/h3-24H2,1-2H3;12H,3-10H2,1-2H3;(H3,1,2,3,4). The smallest absolute Gasteiger partial charge is 0.395 e. The van der Waals surface area contributed by atoms with E-state index in [1.54, 1.807) is 0 Å². The van der Waals surface area contributed by atoms with Gasteiger partial charge in [0, 0.05) is 19.8 Å². The fraction of sp³-hybridized carbons (Fsp3) is 1.00. The minimum absolute atomic E-state index is 0.299. The van der Waals surface area contributed by atoms with Crippen molar-refractivity contribution in [2.75, 3.05) is 39.5 Å². The van der Waals surface area contributed by atoms with Gasteiger partial charge in [-0.25, -0.2) is 4.57 Å². The minimum atomic E-state index is -4.64. The molecule has 0 aliphatic heterocycles. The molecule has 0 aliphatic rings. The predicted molar refractivity (Wildman–Crippen MR) is 182 cm³/mol. The molecule has 0 unspecified atom stereocenters. The van der Waals surface area contributed by atoms with E-state index in [1.807, 2.05) is 0 Å². The fourth-order valence-corrected chi connectivity index (χ4v) is 4.73.